The van der Waals surface area contributed by atoms with Crippen molar-refractivity contribution in [2.24, 2.45) is 0 Å². The molecular formula is C19H25N5S. The van der Waals surface area contributed by atoms with Crippen LogP contribution in [-0.2, 0) is 6.54 Å². The molecule has 6 heteroatoms. The predicted octanol–water partition coefficient (Wildman–Crippen LogP) is 3.40. The number of hydrogen-bond acceptors (Lipinski definition) is 5. The second-order valence-electron chi connectivity index (χ2n) is 6.67. The van der Waals surface area contributed by atoms with Crippen molar-refractivity contribution in [2.75, 3.05) is 37.6 Å². The van der Waals surface area contributed by atoms with Crippen molar-refractivity contribution >= 4 is 26.7 Å². The van der Waals surface area contributed by atoms with Crippen LogP contribution in [0.2, 0.25) is 0 Å². The molecule has 0 bridgehead atoms. The second-order valence-corrected chi connectivity index (χ2v) is 7.68. The number of thiazole rings is 1. The molecule has 4 rings (SSSR count). The first-order valence-corrected chi connectivity index (χ1v) is 9.92. The third-order valence-corrected chi connectivity index (χ3v) is 6.04. The van der Waals surface area contributed by atoms with Crippen LogP contribution in [0, 0.1) is 6.92 Å². The zero-order valence-corrected chi connectivity index (χ0v) is 15.6. The third kappa shape index (κ3) is 3.85. The summed E-state index contributed by atoms with van der Waals surface area (Å²) in [5.41, 5.74) is 1.12. The van der Waals surface area contributed by atoms with Gasteiger partial charge in [-0.1, -0.05) is 23.5 Å². The van der Waals surface area contributed by atoms with E-state index in [2.05, 4.69) is 56.7 Å². The van der Waals surface area contributed by atoms with Gasteiger partial charge in [0.2, 0.25) is 0 Å². The van der Waals surface area contributed by atoms with Crippen molar-refractivity contribution in [3.8, 4) is 0 Å². The number of aromatic nitrogens is 3. The molecule has 0 saturated carbocycles. The Morgan fingerprint density at radius 2 is 2.00 bits per heavy atom. The number of fused-ring (bicyclic) bond motifs is 1. The van der Waals surface area contributed by atoms with Crippen molar-refractivity contribution in [3.63, 3.8) is 0 Å². The normalized spacial score (nSPS) is 16.4. The lowest BCUT2D eigenvalue weighted by atomic mass is 10.3. The summed E-state index contributed by atoms with van der Waals surface area (Å²) in [5.74, 6) is 1.11. The molecule has 0 aliphatic carbocycles. The molecule has 0 N–H and O–H groups in total. The molecule has 3 aromatic rings. The average Bonchev–Trinajstić information content (AvgIpc) is 3.15. The molecule has 1 aliphatic rings. The van der Waals surface area contributed by atoms with Crippen molar-refractivity contribution in [1.29, 1.82) is 0 Å². The Morgan fingerprint density at radius 3 is 2.84 bits per heavy atom. The van der Waals surface area contributed by atoms with E-state index in [1.54, 1.807) is 0 Å². The molecule has 0 amide bonds. The van der Waals surface area contributed by atoms with Gasteiger partial charge in [0.25, 0.3) is 0 Å². The Labute approximate surface area is 152 Å². The Hall–Kier alpha value is -1.92. The molecule has 2 aromatic heterocycles. The van der Waals surface area contributed by atoms with E-state index in [4.69, 9.17) is 4.98 Å². The topological polar surface area (TPSA) is 37.2 Å². The fourth-order valence-corrected chi connectivity index (χ4v) is 4.50. The quantitative estimate of drug-likeness (QED) is 0.703. The third-order valence-electron chi connectivity index (χ3n) is 4.94. The molecule has 3 heterocycles. The van der Waals surface area contributed by atoms with Gasteiger partial charge < -0.3 is 14.4 Å². The lowest BCUT2D eigenvalue weighted by molar-refractivity contribution is 0.283. The van der Waals surface area contributed by atoms with Gasteiger partial charge in [-0.05, 0) is 45.0 Å². The molecule has 1 aromatic carbocycles. The summed E-state index contributed by atoms with van der Waals surface area (Å²) < 4.78 is 3.53. The minimum atomic E-state index is 1.06. The highest BCUT2D eigenvalue weighted by atomic mass is 32.1. The van der Waals surface area contributed by atoms with Crippen LogP contribution in [-0.4, -0.2) is 52.2 Å². The molecule has 132 valence electrons. The molecule has 0 atom stereocenters. The first-order chi connectivity index (χ1) is 12.3. The first kappa shape index (κ1) is 16.5. The van der Waals surface area contributed by atoms with Crippen LogP contribution in [0.15, 0.2) is 36.7 Å². The monoisotopic (exact) mass is 355 g/mol. The van der Waals surface area contributed by atoms with Crippen LogP contribution in [0.3, 0.4) is 0 Å². The number of hydrogen-bond donors (Lipinski definition) is 0. The van der Waals surface area contributed by atoms with Crippen LogP contribution in [0.1, 0.15) is 18.7 Å². The molecule has 0 unspecified atom stereocenters. The van der Waals surface area contributed by atoms with Gasteiger partial charge in [-0.3, -0.25) is 0 Å². The maximum absolute atomic E-state index is 4.82. The molecule has 25 heavy (non-hydrogen) atoms. The predicted molar refractivity (Wildman–Crippen MR) is 104 cm³/mol. The summed E-state index contributed by atoms with van der Waals surface area (Å²) in [6.45, 7) is 8.78. The van der Waals surface area contributed by atoms with Gasteiger partial charge in [0.15, 0.2) is 5.13 Å². The van der Waals surface area contributed by atoms with E-state index in [0.717, 1.165) is 44.1 Å². The Morgan fingerprint density at radius 1 is 1.08 bits per heavy atom. The Kier molecular flexibility index (Phi) is 4.99. The summed E-state index contributed by atoms with van der Waals surface area (Å²) in [7, 11) is 0. The van der Waals surface area contributed by atoms with Gasteiger partial charge in [-0.2, -0.15) is 0 Å². The van der Waals surface area contributed by atoms with Gasteiger partial charge >= 0.3 is 0 Å². The number of anilines is 1. The summed E-state index contributed by atoms with van der Waals surface area (Å²) in [5, 5.41) is 1.18. The average molecular weight is 356 g/mol. The molecule has 0 radical (unpaired) electrons. The summed E-state index contributed by atoms with van der Waals surface area (Å²) in [6, 6.07) is 8.44. The number of imidazole rings is 1. The van der Waals surface area contributed by atoms with E-state index in [9.17, 15) is 0 Å². The number of nitrogens with zero attached hydrogens (tertiary/aromatic N) is 5. The molecule has 0 spiro atoms. The van der Waals surface area contributed by atoms with Gasteiger partial charge in [-0.25, -0.2) is 9.97 Å². The van der Waals surface area contributed by atoms with Crippen LogP contribution in [0.4, 0.5) is 5.13 Å². The molecule has 1 fully saturated rings. The van der Waals surface area contributed by atoms with Crippen molar-refractivity contribution in [2.45, 2.75) is 26.3 Å². The standard InChI is InChI=1S/C19H25N5S/c1-16-20-8-13-23(16)11-4-9-22-10-5-12-24(15-14-22)19-21-17-6-2-3-7-18(17)25-19/h2-3,6-8,13H,4-5,9-12,14-15H2,1H3. The van der Waals surface area contributed by atoms with Crippen molar-refractivity contribution < 1.29 is 0 Å². The molecule has 1 aliphatic heterocycles. The van der Waals surface area contributed by atoms with Crippen molar-refractivity contribution in [3.05, 3.63) is 42.5 Å². The van der Waals surface area contributed by atoms with E-state index in [1.807, 2.05) is 17.5 Å². The second kappa shape index (κ2) is 7.54. The Bertz CT molecular complexity index is 791. The van der Waals surface area contributed by atoms with Crippen LogP contribution in [0.25, 0.3) is 10.2 Å². The Balaban J connectivity index is 1.31. The molecule has 5 nitrogen and oxygen atoms in total. The zero-order chi connectivity index (χ0) is 17.1. The minimum Gasteiger partial charge on any atom is -0.347 e. The summed E-state index contributed by atoms with van der Waals surface area (Å²) >= 11 is 1.82. The minimum absolute atomic E-state index is 1.06. The summed E-state index contributed by atoms with van der Waals surface area (Å²) in [4.78, 5) is 14.2. The van der Waals surface area contributed by atoms with Gasteiger partial charge in [0.1, 0.15) is 5.82 Å². The number of aryl methyl sites for hydroxylation is 2. The fourth-order valence-electron chi connectivity index (χ4n) is 3.49. The molecule has 1 saturated heterocycles. The van der Waals surface area contributed by atoms with E-state index in [-0.39, 0.29) is 0 Å². The first-order valence-electron chi connectivity index (χ1n) is 9.10. The highest BCUT2D eigenvalue weighted by Crippen LogP contribution is 2.29. The largest absolute Gasteiger partial charge is 0.347 e. The lowest BCUT2D eigenvalue weighted by Gasteiger charge is -2.21. The van der Waals surface area contributed by atoms with Crippen molar-refractivity contribution in [1.82, 2.24) is 19.4 Å². The maximum atomic E-state index is 4.82. The SMILES string of the molecule is Cc1nccn1CCCN1CCCN(c2nc3ccccc3s2)CC1. The van der Waals surface area contributed by atoms with E-state index in [1.165, 1.54) is 29.2 Å². The van der Waals surface area contributed by atoms with Crippen LogP contribution < -0.4 is 4.90 Å². The van der Waals surface area contributed by atoms with Gasteiger partial charge in [0.05, 0.1) is 10.2 Å². The number of benzene rings is 1. The summed E-state index contributed by atoms with van der Waals surface area (Å²) in [6.07, 6.45) is 6.35. The maximum Gasteiger partial charge on any atom is 0.186 e. The van der Waals surface area contributed by atoms with Gasteiger partial charge in [0, 0.05) is 38.6 Å². The van der Waals surface area contributed by atoms with E-state index >= 15 is 0 Å². The van der Waals surface area contributed by atoms with E-state index < -0.39 is 0 Å². The number of para-hydroxylation sites is 1. The fraction of sp³-hybridized carbons (Fsp3) is 0.474. The highest BCUT2D eigenvalue weighted by molar-refractivity contribution is 7.22. The van der Waals surface area contributed by atoms with Gasteiger partial charge in [-0.15, -0.1) is 0 Å². The van der Waals surface area contributed by atoms with E-state index in [0.29, 0.717) is 0 Å². The smallest absolute Gasteiger partial charge is 0.186 e. The van der Waals surface area contributed by atoms with Crippen LogP contribution in [0.5, 0.6) is 0 Å². The zero-order valence-electron chi connectivity index (χ0n) is 14.8. The molecular weight excluding hydrogens is 330 g/mol. The van der Waals surface area contributed by atoms with Crippen LogP contribution >= 0.6 is 11.3 Å². The highest BCUT2D eigenvalue weighted by Gasteiger charge is 2.17. The lowest BCUT2D eigenvalue weighted by Crippen LogP contribution is -2.31. The number of rotatable bonds is 5.